The van der Waals surface area contributed by atoms with E-state index < -0.39 is 0 Å². The summed E-state index contributed by atoms with van der Waals surface area (Å²) >= 11 is 0. The summed E-state index contributed by atoms with van der Waals surface area (Å²) in [6, 6.07) is 7.65. The van der Waals surface area contributed by atoms with Crippen molar-refractivity contribution in [3.05, 3.63) is 29.8 Å². The van der Waals surface area contributed by atoms with Gasteiger partial charge in [-0.25, -0.2) is 5.11 Å². The molecule has 0 saturated carbocycles. The molecule has 0 unspecified atom stereocenters. The van der Waals surface area contributed by atoms with Crippen LogP contribution in [0.3, 0.4) is 0 Å². The van der Waals surface area contributed by atoms with Crippen molar-refractivity contribution < 1.29 is 14.6 Å². The SMILES string of the molecule is CCC(=O)Oc1ccc(CCCCCC[O])cc1. The minimum absolute atomic E-state index is 0.0392. The van der Waals surface area contributed by atoms with Crippen molar-refractivity contribution in [3.63, 3.8) is 0 Å². The van der Waals surface area contributed by atoms with Crippen LogP contribution in [0.1, 0.15) is 44.6 Å². The van der Waals surface area contributed by atoms with E-state index in [4.69, 9.17) is 4.74 Å². The second-order valence-corrected chi connectivity index (χ2v) is 4.34. The summed E-state index contributed by atoms with van der Waals surface area (Å²) in [5, 5.41) is 10.3. The van der Waals surface area contributed by atoms with Gasteiger partial charge < -0.3 is 4.74 Å². The highest BCUT2D eigenvalue weighted by molar-refractivity contribution is 5.71. The Hall–Kier alpha value is -1.35. The molecular formula is C15H21O3. The number of benzene rings is 1. The summed E-state index contributed by atoms with van der Waals surface area (Å²) in [5.41, 5.74) is 1.24. The first-order chi connectivity index (χ1) is 8.76. The number of ether oxygens (including phenoxy) is 1. The van der Waals surface area contributed by atoms with E-state index in [-0.39, 0.29) is 12.6 Å². The Balaban J connectivity index is 2.29. The lowest BCUT2D eigenvalue weighted by Crippen LogP contribution is -2.05. The maximum Gasteiger partial charge on any atom is 0.310 e. The molecule has 3 heteroatoms. The smallest absolute Gasteiger partial charge is 0.310 e. The van der Waals surface area contributed by atoms with Gasteiger partial charge in [-0.1, -0.05) is 31.9 Å². The van der Waals surface area contributed by atoms with Crippen LogP contribution in [0.4, 0.5) is 0 Å². The molecule has 0 aliphatic rings. The summed E-state index contributed by atoms with van der Waals surface area (Å²) in [7, 11) is 0. The molecular weight excluding hydrogens is 228 g/mol. The monoisotopic (exact) mass is 249 g/mol. The quantitative estimate of drug-likeness (QED) is 0.402. The van der Waals surface area contributed by atoms with E-state index in [1.54, 1.807) is 6.92 Å². The zero-order valence-electron chi connectivity index (χ0n) is 11.0. The molecule has 0 aromatic heterocycles. The predicted octanol–water partition coefficient (Wildman–Crippen LogP) is 3.54. The average Bonchev–Trinajstić information content (AvgIpc) is 2.40. The Morgan fingerprint density at radius 2 is 1.72 bits per heavy atom. The van der Waals surface area contributed by atoms with Gasteiger partial charge in [0, 0.05) is 6.42 Å². The molecule has 0 atom stereocenters. The predicted molar refractivity (Wildman–Crippen MR) is 70.1 cm³/mol. The number of carbonyl (C=O) groups is 1. The first kappa shape index (κ1) is 14.7. The van der Waals surface area contributed by atoms with Gasteiger partial charge in [0.15, 0.2) is 0 Å². The molecule has 18 heavy (non-hydrogen) atoms. The Labute approximate surface area is 109 Å². The third-order valence-corrected chi connectivity index (χ3v) is 2.80. The Morgan fingerprint density at radius 3 is 2.33 bits per heavy atom. The molecule has 0 aliphatic carbocycles. The molecule has 0 fully saturated rings. The number of esters is 1. The number of rotatable bonds is 8. The van der Waals surface area contributed by atoms with Crippen molar-refractivity contribution in [2.24, 2.45) is 0 Å². The second-order valence-electron chi connectivity index (χ2n) is 4.34. The second kappa shape index (κ2) is 8.70. The summed E-state index contributed by atoms with van der Waals surface area (Å²) in [6.45, 7) is 1.82. The largest absolute Gasteiger partial charge is 0.427 e. The van der Waals surface area contributed by atoms with E-state index in [0.717, 1.165) is 32.1 Å². The highest BCUT2D eigenvalue weighted by Crippen LogP contribution is 2.15. The summed E-state index contributed by atoms with van der Waals surface area (Å²) < 4.78 is 5.10. The third kappa shape index (κ3) is 5.82. The molecule has 1 aromatic rings. The molecule has 0 aliphatic heterocycles. The van der Waals surface area contributed by atoms with Crippen LogP contribution in [-0.4, -0.2) is 12.6 Å². The zero-order valence-corrected chi connectivity index (χ0v) is 11.0. The van der Waals surface area contributed by atoms with Crippen LogP contribution in [0.5, 0.6) is 5.75 Å². The lowest BCUT2D eigenvalue weighted by molar-refractivity contribution is -0.134. The number of carbonyl (C=O) groups excluding carboxylic acids is 1. The molecule has 0 saturated heterocycles. The molecule has 99 valence electrons. The van der Waals surface area contributed by atoms with Crippen LogP contribution in [0.25, 0.3) is 0 Å². The normalized spacial score (nSPS) is 10.3. The topological polar surface area (TPSA) is 46.2 Å². The standard InChI is InChI=1S/C15H21O3/c1-2-15(17)18-14-10-8-13(9-11-14)7-5-3-4-6-12-16/h8-11H,2-7,12H2,1H3. The van der Waals surface area contributed by atoms with E-state index >= 15 is 0 Å². The summed E-state index contributed by atoms with van der Waals surface area (Å²) in [5.74, 6) is 0.400. The number of aryl methyl sites for hydroxylation is 1. The van der Waals surface area contributed by atoms with Crippen molar-refractivity contribution >= 4 is 5.97 Å². The lowest BCUT2D eigenvalue weighted by atomic mass is 10.1. The molecule has 3 nitrogen and oxygen atoms in total. The van der Waals surface area contributed by atoms with Crippen LogP contribution in [0, 0.1) is 0 Å². The van der Waals surface area contributed by atoms with Crippen LogP contribution in [0.15, 0.2) is 24.3 Å². The number of hydrogen-bond donors (Lipinski definition) is 0. The maximum absolute atomic E-state index is 11.1. The van der Waals surface area contributed by atoms with Crippen molar-refractivity contribution in [2.75, 3.05) is 6.61 Å². The molecule has 1 radical (unpaired) electrons. The molecule has 1 aromatic carbocycles. The molecule has 0 N–H and O–H groups in total. The third-order valence-electron chi connectivity index (χ3n) is 2.80. The number of hydrogen-bond acceptors (Lipinski definition) is 2. The fraction of sp³-hybridized carbons (Fsp3) is 0.533. The minimum atomic E-state index is -0.208. The van der Waals surface area contributed by atoms with Crippen LogP contribution < -0.4 is 4.74 Å². The Bertz CT molecular complexity index is 343. The zero-order chi connectivity index (χ0) is 13.2. The van der Waals surface area contributed by atoms with Gasteiger partial charge in [-0.05, 0) is 37.0 Å². The molecule has 0 amide bonds. The fourth-order valence-electron chi connectivity index (χ4n) is 1.71. The average molecular weight is 249 g/mol. The van der Waals surface area contributed by atoms with Crippen LogP contribution in [-0.2, 0) is 16.3 Å². The highest BCUT2D eigenvalue weighted by Gasteiger charge is 2.01. The van der Waals surface area contributed by atoms with Crippen molar-refractivity contribution in [1.82, 2.24) is 0 Å². The molecule has 0 spiro atoms. The fourth-order valence-corrected chi connectivity index (χ4v) is 1.71. The van der Waals surface area contributed by atoms with Crippen LogP contribution in [0.2, 0.25) is 0 Å². The highest BCUT2D eigenvalue weighted by atomic mass is 16.5. The van der Waals surface area contributed by atoms with Gasteiger partial charge in [-0.3, -0.25) is 4.79 Å². The van der Waals surface area contributed by atoms with E-state index in [2.05, 4.69) is 0 Å². The Kier molecular flexibility index (Phi) is 7.11. The maximum atomic E-state index is 11.1. The van der Waals surface area contributed by atoms with E-state index in [1.165, 1.54) is 5.56 Å². The molecule has 0 bridgehead atoms. The van der Waals surface area contributed by atoms with Gasteiger partial charge >= 0.3 is 5.97 Å². The van der Waals surface area contributed by atoms with E-state index in [1.807, 2.05) is 24.3 Å². The van der Waals surface area contributed by atoms with Crippen molar-refractivity contribution in [2.45, 2.75) is 45.4 Å². The van der Waals surface area contributed by atoms with Gasteiger partial charge in [0.1, 0.15) is 5.75 Å². The first-order valence-corrected chi connectivity index (χ1v) is 6.64. The Morgan fingerprint density at radius 1 is 1.06 bits per heavy atom. The van der Waals surface area contributed by atoms with Gasteiger partial charge in [-0.2, -0.15) is 0 Å². The number of unbranched alkanes of at least 4 members (excludes halogenated alkanes) is 3. The summed E-state index contributed by atoms with van der Waals surface area (Å²) in [6.07, 6.45) is 5.42. The van der Waals surface area contributed by atoms with E-state index in [9.17, 15) is 9.90 Å². The first-order valence-electron chi connectivity index (χ1n) is 6.64. The van der Waals surface area contributed by atoms with Crippen molar-refractivity contribution in [3.8, 4) is 5.75 Å². The van der Waals surface area contributed by atoms with Crippen LogP contribution >= 0.6 is 0 Å². The van der Waals surface area contributed by atoms with Gasteiger partial charge in [0.25, 0.3) is 0 Å². The van der Waals surface area contributed by atoms with Gasteiger partial charge in [0.05, 0.1) is 6.61 Å². The molecule has 0 heterocycles. The van der Waals surface area contributed by atoms with Crippen molar-refractivity contribution in [1.29, 1.82) is 0 Å². The minimum Gasteiger partial charge on any atom is -0.427 e. The summed E-state index contributed by atoms with van der Waals surface area (Å²) in [4.78, 5) is 11.1. The van der Waals surface area contributed by atoms with Gasteiger partial charge in [-0.15, -0.1) is 0 Å². The lowest BCUT2D eigenvalue weighted by Gasteiger charge is -2.04. The van der Waals surface area contributed by atoms with E-state index in [0.29, 0.717) is 12.2 Å². The molecule has 1 rings (SSSR count). The van der Waals surface area contributed by atoms with Gasteiger partial charge in [0.2, 0.25) is 0 Å².